The fraction of sp³-hybridized carbons (Fsp3) is 0.250. The van der Waals surface area contributed by atoms with Gasteiger partial charge < -0.3 is 10.1 Å². The fourth-order valence-corrected chi connectivity index (χ4v) is 2.46. The predicted molar refractivity (Wildman–Crippen MR) is 87.6 cm³/mol. The Balaban J connectivity index is 1.97. The highest BCUT2D eigenvalue weighted by molar-refractivity contribution is 9.10. The average Bonchev–Trinajstić information content (AvgIpc) is 2.45. The van der Waals surface area contributed by atoms with Crippen molar-refractivity contribution in [1.29, 1.82) is 0 Å². The molecule has 0 bridgehead atoms. The molecule has 0 saturated carbocycles. The van der Waals surface area contributed by atoms with Crippen LogP contribution < -0.4 is 10.1 Å². The number of hydrogen-bond donors (Lipinski definition) is 1. The van der Waals surface area contributed by atoms with Gasteiger partial charge in [0.25, 0.3) is 0 Å². The maximum atomic E-state index is 13.8. The van der Waals surface area contributed by atoms with E-state index in [2.05, 4.69) is 21.2 Å². The molecule has 21 heavy (non-hydrogen) atoms. The molecule has 112 valence electrons. The molecule has 0 radical (unpaired) electrons. The van der Waals surface area contributed by atoms with Crippen molar-refractivity contribution in [1.82, 2.24) is 5.32 Å². The van der Waals surface area contributed by atoms with Crippen LogP contribution in [0.25, 0.3) is 0 Å². The highest BCUT2D eigenvalue weighted by Crippen LogP contribution is 2.19. The van der Waals surface area contributed by atoms with Gasteiger partial charge in [-0.1, -0.05) is 39.7 Å². The SMILES string of the molecule is CNC(COc1cccc(Cl)c1)Cc1ccc(Br)cc1F. The summed E-state index contributed by atoms with van der Waals surface area (Å²) in [7, 11) is 1.84. The van der Waals surface area contributed by atoms with E-state index in [1.807, 2.05) is 25.2 Å². The summed E-state index contributed by atoms with van der Waals surface area (Å²) in [6.07, 6.45) is 0.552. The Bertz CT molecular complexity index is 609. The first-order valence-corrected chi connectivity index (χ1v) is 7.75. The molecule has 1 unspecified atom stereocenters. The summed E-state index contributed by atoms with van der Waals surface area (Å²) in [5.74, 6) is 0.492. The molecule has 0 aliphatic rings. The number of hydrogen-bond acceptors (Lipinski definition) is 2. The number of nitrogens with one attached hydrogen (secondary N) is 1. The molecule has 2 aromatic rings. The normalized spacial score (nSPS) is 12.2. The van der Waals surface area contributed by atoms with E-state index in [0.29, 0.717) is 29.4 Å². The van der Waals surface area contributed by atoms with Crippen molar-refractivity contribution in [3.63, 3.8) is 0 Å². The van der Waals surface area contributed by atoms with Gasteiger partial charge in [-0.3, -0.25) is 0 Å². The third-order valence-electron chi connectivity index (χ3n) is 3.14. The minimum absolute atomic E-state index is 0.0136. The van der Waals surface area contributed by atoms with Crippen LogP contribution in [0.2, 0.25) is 5.02 Å². The predicted octanol–water partition coefficient (Wildman–Crippen LogP) is 4.45. The summed E-state index contributed by atoms with van der Waals surface area (Å²) >= 11 is 9.16. The van der Waals surface area contributed by atoms with Crippen molar-refractivity contribution in [3.8, 4) is 5.75 Å². The molecular weight excluding hydrogens is 357 g/mol. The van der Waals surface area contributed by atoms with Gasteiger partial charge in [0.2, 0.25) is 0 Å². The average molecular weight is 373 g/mol. The lowest BCUT2D eigenvalue weighted by Gasteiger charge is -2.17. The molecule has 0 heterocycles. The Morgan fingerprint density at radius 2 is 2.10 bits per heavy atom. The van der Waals surface area contributed by atoms with Crippen molar-refractivity contribution in [3.05, 3.63) is 63.3 Å². The van der Waals surface area contributed by atoms with Gasteiger partial charge in [0.15, 0.2) is 0 Å². The lowest BCUT2D eigenvalue weighted by molar-refractivity contribution is 0.269. The van der Waals surface area contributed by atoms with Gasteiger partial charge in [0.05, 0.1) is 0 Å². The highest BCUT2D eigenvalue weighted by atomic mass is 79.9. The first-order valence-electron chi connectivity index (χ1n) is 6.58. The largest absolute Gasteiger partial charge is 0.492 e. The van der Waals surface area contributed by atoms with Crippen LogP contribution >= 0.6 is 27.5 Å². The molecule has 2 aromatic carbocycles. The summed E-state index contributed by atoms with van der Waals surface area (Å²) in [5, 5.41) is 3.77. The standard InChI is InChI=1S/C16H16BrClFNO/c1-20-14(7-11-5-6-12(17)8-16(11)19)10-21-15-4-2-3-13(18)9-15/h2-6,8-9,14,20H,7,10H2,1H3. The lowest BCUT2D eigenvalue weighted by Crippen LogP contribution is -2.34. The Labute approximate surface area is 137 Å². The van der Waals surface area contributed by atoms with Gasteiger partial charge in [-0.25, -0.2) is 4.39 Å². The van der Waals surface area contributed by atoms with Crippen LogP contribution in [0.4, 0.5) is 4.39 Å². The van der Waals surface area contributed by atoms with Crippen LogP contribution in [-0.4, -0.2) is 19.7 Å². The minimum Gasteiger partial charge on any atom is -0.492 e. The van der Waals surface area contributed by atoms with Gasteiger partial charge in [-0.05, 0) is 49.4 Å². The topological polar surface area (TPSA) is 21.3 Å². The third kappa shape index (κ3) is 4.99. The van der Waals surface area contributed by atoms with Crippen LogP contribution in [0.15, 0.2) is 46.9 Å². The van der Waals surface area contributed by atoms with Crippen LogP contribution in [0.1, 0.15) is 5.56 Å². The van der Waals surface area contributed by atoms with Crippen molar-refractivity contribution in [2.24, 2.45) is 0 Å². The van der Waals surface area contributed by atoms with Gasteiger partial charge >= 0.3 is 0 Å². The van der Waals surface area contributed by atoms with Crippen molar-refractivity contribution in [2.75, 3.05) is 13.7 Å². The van der Waals surface area contributed by atoms with E-state index in [1.165, 1.54) is 6.07 Å². The van der Waals surface area contributed by atoms with Crippen LogP contribution in [0, 0.1) is 5.82 Å². The Hall–Kier alpha value is -1.10. The van der Waals surface area contributed by atoms with E-state index >= 15 is 0 Å². The molecule has 1 N–H and O–H groups in total. The maximum absolute atomic E-state index is 13.8. The van der Waals surface area contributed by atoms with E-state index < -0.39 is 0 Å². The molecule has 0 aromatic heterocycles. The maximum Gasteiger partial charge on any atom is 0.127 e. The number of rotatable bonds is 6. The van der Waals surface area contributed by atoms with Crippen LogP contribution in [0.3, 0.4) is 0 Å². The summed E-state index contributed by atoms with van der Waals surface area (Å²) in [6.45, 7) is 0.437. The van der Waals surface area contributed by atoms with Gasteiger partial charge in [0.1, 0.15) is 18.2 Å². The third-order valence-corrected chi connectivity index (χ3v) is 3.87. The Morgan fingerprint density at radius 3 is 2.76 bits per heavy atom. The zero-order valence-electron chi connectivity index (χ0n) is 11.6. The second-order valence-corrected chi connectivity index (χ2v) is 6.05. The zero-order valence-corrected chi connectivity index (χ0v) is 13.9. The fourth-order valence-electron chi connectivity index (χ4n) is 1.95. The zero-order chi connectivity index (χ0) is 15.2. The lowest BCUT2D eigenvalue weighted by atomic mass is 10.1. The number of benzene rings is 2. The van der Waals surface area contributed by atoms with Gasteiger partial charge in [0, 0.05) is 15.5 Å². The molecule has 0 amide bonds. The van der Waals surface area contributed by atoms with E-state index in [4.69, 9.17) is 16.3 Å². The van der Waals surface area contributed by atoms with Crippen LogP contribution in [0.5, 0.6) is 5.75 Å². The second kappa shape index (κ2) is 7.78. The van der Waals surface area contributed by atoms with Gasteiger partial charge in [-0.15, -0.1) is 0 Å². The van der Waals surface area contributed by atoms with E-state index in [-0.39, 0.29) is 11.9 Å². The number of likely N-dealkylation sites (N-methyl/N-ethyl adjacent to an activating group) is 1. The Kier molecular flexibility index (Phi) is 6.03. The van der Waals surface area contributed by atoms with Crippen molar-refractivity contribution < 1.29 is 9.13 Å². The molecule has 0 aliphatic carbocycles. The van der Waals surface area contributed by atoms with Gasteiger partial charge in [-0.2, -0.15) is 0 Å². The summed E-state index contributed by atoms with van der Waals surface area (Å²) in [6, 6.07) is 12.3. The molecule has 2 nitrogen and oxygen atoms in total. The van der Waals surface area contributed by atoms with E-state index in [0.717, 1.165) is 4.47 Å². The number of halogens is 3. The summed E-state index contributed by atoms with van der Waals surface area (Å²) in [4.78, 5) is 0. The van der Waals surface area contributed by atoms with Crippen molar-refractivity contribution in [2.45, 2.75) is 12.5 Å². The molecule has 0 saturated heterocycles. The van der Waals surface area contributed by atoms with Crippen molar-refractivity contribution >= 4 is 27.5 Å². The molecule has 0 fully saturated rings. The smallest absolute Gasteiger partial charge is 0.127 e. The van der Waals surface area contributed by atoms with Crippen LogP contribution in [-0.2, 0) is 6.42 Å². The molecule has 5 heteroatoms. The molecular formula is C16H16BrClFNO. The highest BCUT2D eigenvalue weighted by Gasteiger charge is 2.12. The van der Waals surface area contributed by atoms with E-state index in [1.54, 1.807) is 18.2 Å². The number of ether oxygens (including phenoxy) is 1. The second-order valence-electron chi connectivity index (χ2n) is 4.69. The minimum atomic E-state index is -0.215. The summed E-state index contributed by atoms with van der Waals surface area (Å²) < 4.78 is 20.3. The first kappa shape index (κ1) is 16.3. The molecule has 0 aliphatic heterocycles. The Morgan fingerprint density at radius 1 is 1.29 bits per heavy atom. The van der Waals surface area contributed by atoms with E-state index in [9.17, 15) is 4.39 Å². The monoisotopic (exact) mass is 371 g/mol. The first-order chi connectivity index (χ1) is 10.1. The molecule has 1 atom stereocenters. The summed E-state index contributed by atoms with van der Waals surface area (Å²) in [5.41, 5.74) is 0.659. The molecule has 0 spiro atoms. The quantitative estimate of drug-likeness (QED) is 0.809. The molecule has 2 rings (SSSR count).